The van der Waals surface area contributed by atoms with Crippen molar-refractivity contribution in [3.05, 3.63) is 40.2 Å². The van der Waals surface area contributed by atoms with Crippen LogP contribution < -0.4 is 0 Å². The van der Waals surface area contributed by atoms with Crippen LogP contribution in [0.2, 0.25) is 5.02 Å². The maximum atomic E-state index is 6.05. The van der Waals surface area contributed by atoms with E-state index in [0.29, 0.717) is 0 Å². The number of nitrogens with zero attached hydrogens (tertiary/aromatic N) is 3. The van der Waals surface area contributed by atoms with Gasteiger partial charge in [0.15, 0.2) is 0 Å². The van der Waals surface area contributed by atoms with Crippen LogP contribution >= 0.6 is 22.9 Å². The molecule has 3 rings (SSSR count). The summed E-state index contributed by atoms with van der Waals surface area (Å²) in [7, 11) is 0. The molecule has 0 atom stereocenters. The predicted octanol–water partition coefficient (Wildman–Crippen LogP) is 5.09. The van der Waals surface area contributed by atoms with Crippen molar-refractivity contribution in [1.29, 1.82) is 0 Å². The van der Waals surface area contributed by atoms with E-state index in [2.05, 4.69) is 30.9 Å². The summed E-state index contributed by atoms with van der Waals surface area (Å²) in [5.74, 6) is 0. The highest BCUT2D eigenvalue weighted by Crippen LogP contribution is 2.29. The van der Waals surface area contributed by atoms with Crippen LogP contribution in [0.3, 0.4) is 0 Å². The Morgan fingerprint density at radius 3 is 2.86 bits per heavy atom. The molecule has 0 aliphatic carbocycles. The zero-order chi connectivity index (χ0) is 15.0. The summed E-state index contributed by atoms with van der Waals surface area (Å²) in [5.41, 5.74) is 4.64. The molecule has 2 heterocycles. The topological polar surface area (TPSA) is 30.7 Å². The van der Waals surface area contributed by atoms with Gasteiger partial charge in [0.05, 0.1) is 15.9 Å². The average Bonchev–Trinajstić information content (AvgIpc) is 2.98. The molecule has 0 unspecified atom stereocenters. The Morgan fingerprint density at radius 1 is 1.29 bits per heavy atom. The Morgan fingerprint density at radius 2 is 2.10 bits per heavy atom. The molecule has 0 bridgehead atoms. The molecule has 0 saturated heterocycles. The first kappa shape index (κ1) is 14.5. The van der Waals surface area contributed by atoms with Crippen LogP contribution in [0.1, 0.15) is 36.7 Å². The van der Waals surface area contributed by atoms with Crippen LogP contribution in [-0.2, 0) is 6.42 Å². The summed E-state index contributed by atoms with van der Waals surface area (Å²) < 4.78 is 3.07. The molecule has 110 valence electrons. The van der Waals surface area contributed by atoms with Gasteiger partial charge in [-0.1, -0.05) is 36.3 Å². The molecule has 0 radical (unpaired) electrons. The Hall–Kier alpha value is -1.39. The van der Waals surface area contributed by atoms with Crippen molar-refractivity contribution < 1.29 is 0 Å². The van der Waals surface area contributed by atoms with E-state index in [-0.39, 0.29) is 0 Å². The molecule has 0 saturated carbocycles. The zero-order valence-electron chi connectivity index (χ0n) is 12.5. The molecule has 0 aliphatic heterocycles. The molecule has 1 aromatic carbocycles. The highest BCUT2D eigenvalue weighted by atomic mass is 35.5. The molecule has 21 heavy (non-hydrogen) atoms. The lowest BCUT2D eigenvalue weighted by atomic mass is 10.1. The summed E-state index contributed by atoms with van der Waals surface area (Å²) in [6.45, 7) is 6.43. The van der Waals surface area contributed by atoms with Gasteiger partial charge in [0, 0.05) is 10.7 Å². The van der Waals surface area contributed by atoms with E-state index in [1.165, 1.54) is 24.1 Å². The van der Waals surface area contributed by atoms with Gasteiger partial charge in [0.25, 0.3) is 0 Å². The quantitative estimate of drug-likeness (QED) is 0.670. The Balaban J connectivity index is 2.06. The molecular weight excluding hydrogens is 302 g/mol. The zero-order valence-corrected chi connectivity index (χ0v) is 14.1. The van der Waals surface area contributed by atoms with Gasteiger partial charge in [0.1, 0.15) is 0 Å². The van der Waals surface area contributed by atoms with E-state index in [0.717, 1.165) is 32.5 Å². The van der Waals surface area contributed by atoms with Gasteiger partial charge < -0.3 is 0 Å². The number of benzene rings is 1. The fourth-order valence-corrected chi connectivity index (χ4v) is 3.80. The summed E-state index contributed by atoms with van der Waals surface area (Å²) >= 11 is 7.68. The van der Waals surface area contributed by atoms with Crippen LogP contribution in [0.15, 0.2) is 18.2 Å². The SMILES string of the molecule is CCCCc1c(C)nn(-c2nc3ccc(Cl)cc3s2)c1C. The van der Waals surface area contributed by atoms with Crippen molar-refractivity contribution in [2.24, 2.45) is 0 Å². The van der Waals surface area contributed by atoms with Crippen molar-refractivity contribution in [3.63, 3.8) is 0 Å². The van der Waals surface area contributed by atoms with E-state index in [4.69, 9.17) is 11.6 Å². The van der Waals surface area contributed by atoms with Crippen LogP contribution in [0.4, 0.5) is 0 Å². The number of halogens is 1. The van der Waals surface area contributed by atoms with Crippen molar-refractivity contribution in [1.82, 2.24) is 14.8 Å². The standard InChI is InChI=1S/C16H18ClN3S/c1-4-5-6-13-10(2)19-20(11(13)3)16-18-14-8-7-12(17)9-15(14)21-16/h7-9H,4-6H2,1-3H3. The number of aryl methyl sites for hydroxylation is 1. The first-order valence-electron chi connectivity index (χ1n) is 7.21. The van der Waals surface area contributed by atoms with Crippen molar-refractivity contribution in [2.45, 2.75) is 40.0 Å². The minimum absolute atomic E-state index is 0.745. The Kier molecular flexibility index (Phi) is 4.00. The minimum Gasteiger partial charge on any atom is -0.218 e. The summed E-state index contributed by atoms with van der Waals surface area (Å²) in [5, 5.41) is 6.34. The molecule has 0 spiro atoms. The summed E-state index contributed by atoms with van der Waals surface area (Å²) in [4.78, 5) is 4.68. The maximum absolute atomic E-state index is 6.05. The van der Waals surface area contributed by atoms with E-state index < -0.39 is 0 Å². The molecule has 0 amide bonds. The third-order valence-corrected chi connectivity index (χ3v) is 4.97. The molecule has 5 heteroatoms. The monoisotopic (exact) mass is 319 g/mol. The fourth-order valence-electron chi connectivity index (χ4n) is 2.55. The lowest BCUT2D eigenvalue weighted by molar-refractivity contribution is 0.784. The molecule has 0 aliphatic rings. The highest BCUT2D eigenvalue weighted by molar-refractivity contribution is 7.20. The largest absolute Gasteiger partial charge is 0.218 e. The van der Waals surface area contributed by atoms with Gasteiger partial charge in [-0.3, -0.25) is 0 Å². The van der Waals surface area contributed by atoms with Crippen LogP contribution in [0.5, 0.6) is 0 Å². The van der Waals surface area contributed by atoms with Gasteiger partial charge in [-0.25, -0.2) is 9.67 Å². The van der Waals surface area contributed by atoms with Gasteiger partial charge >= 0.3 is 0 Å². The van der Waals surface area contributed by atoms with E-state index in [1.54, 1.807) is 11.3 Å². The van der Waals surface area contributed by atoms with Gasteiger partial charge in [-0.05, 0) is 50.5 Å². The molecule has 0 fully saturated rings. The third kappa shape index (κ3) is 2.70. The van der Waals surface area contributed by atoms with Gasteiger partial charge in [-0.2, -0.15) is 5.10 Å². The molecular formula is C16H18ClN3S. The summed E-state index contributed by atoms with van der Waals surface area (Å²) in [6, 6.07) is 5.80. The van der Waals surface area contributed by atoms with Crippen LogP contribution in [0, 0.1) is 13.8 Å². The maximum Gasteiger partial charge on any atom is 0.211 e. The van der Waals surface area contributed by atoms with Gasteiger partial charge in [-0.15, -0.1) is 0 Å². The smallest absolute Gasteiger partial charge is 0.211 e. The lowest BCUT2D eigenvalue weighted by Gasteiger charge is -2.01. The molecule has 0 N–H and O–H groups in total. The van der Waals surface area contributed by atoms with Crippen LogP contribution in [-0.4, -0.2) is 14.8 Å². The number of fused-ring (bicyclic) bond motifs is 1. The van der Waals surface area contributed by atoms with E-state index in [9.17, 15) is 0 Å². The molecule has 3 nitrogen and oxygen atoms in total. The normalized spacial score (nSPS) is 11.4. The van der Waals surface area contributed by atoms with Crippen molar-refractivity contribution in [3.8, 4) is 5.13 Å². The Bertz CT molecular complexity index is 788. The number of rotatable bonds is 4. The molecule has 2 aromatic heterocycles. The predicted molar refractivity (Wildman–Crippen MR) is 89.8 cm³/mol. The first-order chi connectivity index (χ1) is 10.1. The molecule has 3 aromatic rings. The van der Waals surface area contributed by atoms with Crippen molar-refractivity contribution >= 4 is 33.2 Å². The second-order valence-corrected chi connectivity index (χ2v) is 6.72. The van der Waals surface area contributed by atoms with E-state index >= 15 is 0 Å². The number of unbranched alkanes of at least 4 members (excludes halogenated alkanes) is 1. The fraction of sp³-hybridized carbons (Fsp3) is 0.375. The number of thiazole rings is 1. The second kappa shape index (κ2) is 5.78. The Labute approximate surface area is 133 Å². The van der Waals surface area contributed by atoms with Crippen molar-refractivity contribution in [2.75, 3.05) is 0 Å². The first-order valence-corrected chi connectivity index (χ1v) is 8.41. The van der Waals surface area contributed by atoms with Crippen LogP contribution in [0.25, 0.3) is 15.3 Å². The minimum atomic E-state index is 0.745. The average molecular weight is 320 g/mol. The van der Waals surface area contributed by atoms with Gasteiger partial charge in [0.2, 0.25) is 5.13 Å². The number of hydrogen-bond donors (Lipinski definition) is 0. The second-order valence-electron chi connectivity index (χ2n) is 5.27. The lowest BCUT2D eigenvalue weighted by Crippen LogP contribution is -1.98. The van der Waals surface area contributed by atoms with E-state index in [1.807, 2.05) is 22.9 Å². The summed E-state index contributed by atoms with van der Waals surface area (Å²) in [6.07, 6.45) is 3.48. The third-order valence-electron chi connectivity index (χ3n) is 3.74. The number of aromatic nitrogens is 3. The highest BCUT2D eigenvalue weighted by Gasteiger charge is 2.15. The number of hydrogen-bond acceptors (Lipinski definition) is 3.